The molecular weight excluding hydrogens is 330 g/mol. The summed E-state index contributed by atoms with van der Waals surface area (Å²) in [6.45, 7) is 9.07. The molecule has 5 nitrogen and oxygen atoms in total. The molecule has 1 heterocycles. The molecule has 0 N–H and O–H groups in total. The summed E-state index contributed by atoms with van der Waals surface area (Å²) in [5.41, 5.74) is 0. The lowest BCUT2D eigenvalue weighted by molar-refractivity contribution is -0.160. The second-order valence-electron chi connectivity index (χ2n) is 7.54. The number of ether oxygens (including phenoxy) is 2. The molecule has 2 unspecified atom stereocenters. The molecule has 1 fully saturated rings. The molecule has 0 aromatic carbocycles. The molecule has 1 saturated heterocycles. The summed E-state index contributed by atoms with van der Waals surface area (Å²) in [6, 6.07) is 0. The van der Waals surface area contributed by atoms with Crippen molar-refractivity contribution in [2.24, 2.45) is 5.92 Å². The molecule has 0 radical (unpaired) electrons. The van der Waals surface area contributed by atoms with E-state index in [1.807, 2.05) is 6.92 Å². The first-order valence-electron chi connectivity index (χ1n) is 10.6. The Hall–Kier alpha value is -1.10. The Morgan fingerprint density at radius 1 is 1.04 bits per heavy atom. The highest BCUT2D eigenvalue weighted by molar-refractivity contribution is 5.72. The first kappa shape index (κ1) is 22.9. The van der Waals surface area contributed by atoms with Crippen LogP contribution < -0.4 is 0 Å². The SMILES string of the molecule is CCCCCCC(CC)C(=O)OCC(C)OC(=O)CCN1CCCCC1. The fourth-order valence-corrected chi connectivity index (χ4v) is 3.37. The molecule has 0 aliphatic carbocycles. The Kier molecular flexibility index (Phi) is 12.4. The van der Waals surface area contributed by atoms with E-state index in [-0.39, 0.29) is 30.6 Å². The predicted molar refractivity (Wildman–Crippen MR) is 104 cm³/mol. The van der Waals surface area contributed by atoms with Gasteiger partial charge in [0.2, 0.25) is 0 Å². The number of carbonyl (C=O) groups excluding carboxylic acids is 2. The van der Waals surface area contributed by atoms with E-state index in [9.17, 15) is 9.59 Å². The molecule has 0 saturated carbocycles. The highest BCUT2D eigenvalue weighted by Crippen LogP contribution is 2.16. The second-order valence-corrected chi connectivity index (χ2v) is 7.54. The summed E-state index contributed by atoms with van der Waals surface area (Å²) in [6.07, 6.45) is 10.1. The number of piperidine rings is 1. The van der Waals surface area contributed by atoms with Gasteiger partial charge >= 0.3 is 11.9 Å². The van der Waals surface area contributed by atoms with E-state index < -0.39 is 0 Å². The number of esters is 2. The third kappa shape index (κ3) is 10.1. The Morgan fingerprint density at radius 2 is 1.77 bits per heavy atom. The van der Waals surface area contributed by atoms with E-state index >= 15 is 0 Å². The fourth-order valence-electron chi connectivity index (χ4n) is 3.37. The second kappa shape index (κ2) is 14.0. The van der Waals surface area contributed by atoms with Gasteiger partial charge in [0.1, 0.15) is 12.7 Å². The maximum absolute atomic E-state index is 12.2. The van der Waals surface area contributed by atoms with Crippen molar-refractivity contribution < 1.29 is 19.1 Å². The average molecular weight is 370 g/mol. The lowest BCUT2D eigenvalue weighted by Gasteiger charge is -2.26. The Labute approximate surface area is 159 Å². The van der Waals surface area contributed by atoms with Crippen LogP contribution in [0, 0.1) is 5.92 Å². The number of unbranched alkanes of at least 4 members (excludes halogenated alkanes) is 3. The van der Waals surface area contributed by atoms with Crippen LogP contribution in [0.2, 0.25) is 0 Å². The van der Waals surface area contributed by atoms with E-state index in [0.29, 0.717) is 6.42 Å². The average Bonchev–Trinajstić information content (AvgIpc) is 2.65. The van der Waals surface area contributed by atoms with Gasteiger partial charge in [0.15, 0.2) is 0 Å². The van der Waals surface area contributed by atoms with Gasteiger partial charge < -0.3 is 14.4 Å². The lowest BCUT2D eigenvalue weighted by atomic mass is 9.98. The number of likely N-dealkylation sites (tertiary alicyclic amines) is 1. The normalized spacial score (nSPS) is 17.5. The monoisotopic (exact) mass is 369 g/mol. The van der Waals surface area contributed by atoms with Gasteiger partial charge in [-0.25, -0.2) is 0 Å². The topological polar surface area (TPSA) is 55.8 Å². The van der Waals surface area contributed by atoms with Crippen molar-refractivity contribution in [1.29, 1.82) is 0 Å². The van der Waals surface area contributed by atoms with Crippen molar-refractivity contribution in [1.82, 2.24) is 4.90 Å². The van der Waals surface area contributed by atoms with E-state index in [1.54, 1.807) is 6.92 Å². The number of carbonyl (C=O) groups is 2. The number of hydrogen-bond acceptors (Lipinski definition) is 5. The van der Waals surface area contributed by atoms with E-state index in [2.05, 4.69) is 11.8 Å². The summed E-state index contributed by atoms with van der Waals surface area (Å²) >= 11 is 0. The molecule has 0 amide bonds. The Morgan fingerprint density at radius 3 is 2.42 bits per heavy atom. The zero-order chi connectivity index (χ0) is 19.2. The molecule has 1 aliphatic heterocycles. The lowest BCUT2D eigenvalue weighted by Crippen LogP contribution is -2.32. The standard InChI is InChI=1S/C21H39NO4/c1-4-6-7-9-12-19(5-2)21(24)25-17-18(3)26-20(23)13-16-22-14-10-8-11-15-22/h18-19H,4-17H2,1-3H3. The van der Waals surface area contributed by atoms with Gasteiger partial charge in [-0.2, -0.15) is 0 Å². The zero-order valence-corrected chi connectivity index (χ0v) is 17.1. The highest BCUT2D eigenvalue weighted by atomic mass is 16.6. The minimum Gasteiger partial charge on any atom is -0.462 e. The number of rotatable bonds is 13. The molecule has 152 valence electrons. The van der Waals surface area contributed by atoms with Crippen LogP contribution >= 0.6 is 0 Å². The first-order chi connectivity index (χ1) is 12.6. The molecule has 0 spiro atoms. The minimum atomic E-state index is -0.384. The predicted octanol–water partition coefficient (Wildman–Crippen LogP) is 4.33. The molecule has 26 heavy (non-hydrogen) atoms. The fraction of sp³-hybridized carbons (Fsp3) is 0.905. The van der Waals surface area contributed by atoms with Crippen molar-refractivity contribution in [2.45, 2.75) is 91.1 Å². The summed E-state index contributed by atoms with van der Waals surface area (Å²) in [7, 11) is 0. The smallest absolute Gasteiger partial charge is 0.309 e. The molecule has 0 bridgehead atoms. The van der Waals surface area contributed by atoms with Crippen molar-refractivity contribution in [2.75, 3.05) is 26.2 Å². The van der Waals surface area contributed by atoms with Crippen LogP contribution in [0.3, 0.4) is 0 Å². The molecule has 2 atom stereocenters. The van der Waals surface area contributed by atoms with Crippen LogP contribution in [0.15, 0.2) is 0 Å². The zero-order valence-electron chi connectivity index (χ0n) is 17.1. The molecule has 1 rings (SSSR count). The molecule has 0 aromatic rings. The molecule has 1 aliphatic rings. The van der Waals surface area contributed by atoms with Gasteiger partial charge in [-0.1, -0.05) is 46.0 Å². The van der Waals surface area contributed by atoms with Crippen LogP contribution in [0.4, 0.5) is 0 Å². The van der Waals surface area contributed by atoms with Crippen LogP contribution in [-0.4, -0.2) is 49.2 Å². The molecular formula is C21H39NO4. The quantitative estimate of drug-likeness (QED) is 0.357. The van der Waals surface area contributed by atoms with Crippen molar-refractivity contribution in [3.05, 3.63) is 0 Å². The highest BCUT2D eigenvalue weighted by Gasteiger charge is 2.20. The third-order valence-electron chi connectivity index (χ3n) is 5.11. The van der Waals surface area contributed by atoms with Crippen LogP contribution in [-0.2, 0) is 19.1 Å². The third-order valence-corrected chi connectivity index (χ3v) is 5.11. The number of nitrogens with zero attached hydrogens (tertiary/aromatic N) is 1. The Bertz CT molecular complexity index is 393. The summed E-state index contributed by atoms with van der Waals surface area (Å²) in [4.78, 5) is 26.5. The van der Waals surface area contributed by atoms with Gasteiger partial charge in [-0.15, -0.1) is 0 Å². The van der Waals surface area contributed by atoms with Crippen molar-refractivity contribution in [3.63, 3.8) is 0 Å². The first-order valence-corrected chi connectivity index (χ1v) is 10.6. The summed E-state index contributed by atoms with van der Waals surface area (Å²) < 4.78 is 10.8. The summed E-state index contributed by atoms with van der Waals surface area (Å²) in [5.74, 6) is -0.389. The van der Waals surface area contributed by atoms with E-state index in [4.69, 9.17) is 9.47 Å². The largest absolute Gasteiger partial charge is 0.462 e. The van der Waals surface area contributed by atoms with Gasteiger partial charge in [-0.05, 0) is 45.7 Å². The van der Waals surface area contributed by atoms with Crippen LogP contribution in [0.25, 0.3) is 0 Å². The minimum absolute atomic E-state index is 0.0335. The van der Waals surface area contributed by atoms with Gasteiger partial charge in [0, 0.05) is 6.54 Å². The van der Waals surface area contributed by atoms with Crippen molar-refractivity contribution >= 4 is 11.9 Å². The molecule has 5 heteroatoms. The summed E-state index contributed by atoms with van der Waals surface area (Å²) in [5, 5.41) is 0. The van der Waals surface area contributed by atoms with E-state index in [1.165, 1.54) is 38.5 Å². The van der Waals surface area contributed by atoms with Gasteiger partial charge in [0.25, 0.3) is 0 Å². The van der Waals surface area contributed by atoms with Crippen LogP contribution in [0.5, 0.6) is 0 Å². The van der Waals surface area contributed by atoms with E-state index in [0.717, 1.165) is 38.9 Å². The van der Waals surface area contributed by atoms with Crippen molar-refractivity contribution in [3.8, 4) is 0 Å². The van der Waals surface area contributed by atoms with Crippen LogP contribution in [0.1, 0.15) is 85.0 Å². The maximum atomic E-state index is 12.2. The Balaban J connectivity index is 2.16. The molecule has 0 aromatic heterocycles. The van der Waals surface area contributed by atoms with Gasteiger partial charge in [-0.3, -0.25) is 9.59 Å². The maximum Gasteiger partial charge on any atom is 0.309 e. The number of hydrogen-bond donors (Lipinski definition) is 0. The van der Waals surface area contributed by atoms with Gasteiger partial charge in [0.05, 0.1) is 12.3 Å².